The highest BCUT2D eigenvalue weighted by atomic mass is 32.1. The molecule has 0 atom stereocenters. The van der Waals surface area contributed by atoms with Crippen LogP contribution in [0, 0.1) is 0 Å². The van der Waals surface area contributed by atoms with Crippen LogP contribution in [0.5, 0.6) is 0 Å². The van der Waals surface area contributed by atoms with Crippen molar-refractivity contribution in [1.29, 1.82) is 0 Å². The van der Waals surface area contributed by atoms with Gasteiger partial charge in [0, 0.05) is 37.7 Å². The molecule has 0 saturated heterocycles. The van der Waals surface area contributed by atoms with Gasteiger partial charge in [-0.15, -0.1) is 11.3 Å². The molecule has 0 aliphatic rings. The summed E-state index contributed by atoms with van der Waals surface area (Å²) in [7, 11) is 0. The van der Waals surface area contributed by atoms with Gasteiger partial charge in [-0.2, -0.15) is 0 Å². The minimum absolute atomic E-state index is 0.746. The van der Waals surface area contributed by atoms with Crippen molar-refractivity contribution < 1.29 is 0 Å². The number of fused-ring (bicyclic) bond motifs is 6. The molecule has 0 amide bonds. The average Bonchev–Trinajstić information content (AvgIpc) is 3.64. The molecule has 206 valence electrons. The normalized spacial score (nSPS) is 11.6. The van der Waals surface area contributed by atoms with Crippen LogP contribution in [0.1, 0.15) is 0 Å². The monoisotopic (exact) mass is 579 g/mol. The zero-order valence-electron chi connectivity index (χ0n) is 23.7. The van der Waals surface area contributed by atoms with Crippen LogP contribution in [0.15, 0.2) is 152 Å². The second-order valence-electron chi connectivity index (χ2n) is 11.0. The van der Waals surface area contributed by atoms with Gasteiger partial charge in [-0.05, 0) is 47.5 Å². The highest BCUT2D eigenvalue weighted by Gasteiger charge is 2.17. The van der Waals surface area contributed by atoms with E-state index in [2.05, 4.69) is 138 Å². The molecule has 3 aromatic heterocycles. The summed E-state index contributed by atoms with van der Waals surface area (Å²) in [4.78, 5) is 10.3. The van der Waals surface area contributed by atoms with E-state index in [0.717, 1.165) is 49.7 Å². The Balaban J connectivity index is 1.22. The summed E-state index contributed by atoms with van der Waals surface area (Å²) < 4.78 is 4.70. The van der Waals surface area contributed by atoms with Crippen molar-refractivity contribution >= 4 is 53.4 Å². The van der Waals surface area contributed by atoms with E-state index in [1.54, 1.807) is 11.3 Å². The maximum Gasteiger partial charge on any atom is 0.160 e. The Kier molecular flexibility index (Phi) is 5.68. The Morgan fingerprint density at radius 3 is 1.82 bits per heavy atom. The van der Waals surface area contributed by atoms with Crippen LogP contribution in [0.2, 0.25) is 0 Å². The number of aromatic nitrogens is 3. The summed E-state index contributed by atoms with van der Waals surface area (Å²) in [6, 6.07) is 53.7. The lowest BCUT2D eigenvalue weighted by Gasteiger charge is -2.12. The average molecular weight is 580 g/mol. The first-order chi connectivity index (χ1) is 21.8. The van der Waals surface area contributed by atoms with Gasteiger partial charge in [-0.25, -0.2) is 9.97 Å². The summed E-state index contributed by atoms with van der Waals surface area (Å²) in [6.07, 6.45) is 0. The molecule has 9 rings (SSSR count). The van der Waals surface area contributed by atoms with Crippen LogP contribution < -0.4 is 0 Å². The topological polar surface area (TPSA) is 30.7 Å². The van der Waals surface area contributed by atoms with Crippen LogP contribution >= 0.6 is 11.3 Å². The highest BCUT2D eigenvalue weighted by Crippen LogP contribution is 2.40. The van der Waals surface area contributed by atoms with Gasteiger partial charge >= 0.3 is 0 Å². The molecule has 0 spiro atoms. The smallest absolute Gasteiger partial charge is 0.160 e. The largest absolute Gasteiger partial charge is 0.309 e. The summed E-state index contributed by atoms with van der Waals surface area (Å²) >= 11 is 1.76. The van der Waals surface area contributed by atoms with E-state index in [1.165, 1.54) is 31.9 Å². The van der Waals surface area contributed by atoms with E-state index >= 15 is 0 Å². The Hall–Kier alpha value is -5.58. The summed E-state index contributed by atoms with van der Waals surface area (Å²) in [5, 5.41) is 3.70. The van der Waals surface area contributed by atoms with Gasteiger partial charge in [-0.3, -0.25) is 0 Å². The Morgan fingerprint density at radius 2 is 1.05 bits per heavy atom. The van der Waals surface area contributed by atoms with Crippen LogP contribution in [-0.2, 0) is 0 Å². The van der Waals surface area contributed by atoms with Crippen LogP contribution in [0.4, 0.5) is 0 Å². The highest BCUT2D eigenvalue weighted by molar-refractivity contribution is 7.26. The van der Waals surface area contributed by atoms with Crippen molar-refractivity contribution in [1.82, 2.24) is 14.5 Å². The number of rotatable bonds is 4. The van der Waals surface area contributed by atoms with Crippen molar-refractivity contribution in [2.75, 3.05) is 0 Å². The Bertz CT molecular complexity index is 2450. The number of benzene rings is 6. The maximum atomic E-state index is 5.19. The van der Waals surface area contributed by atoms with E-state index in [0.29, 0.717) is 0 Å². The first-order valence-electron chi connectivity index (χ1n) is 14.8. The first kappa shape index (κ1) is 25.0. The van der Waals surface area contributed by atoms with E-state index in [4.69, 9.17) is 9.97 Å². The molecule has 6 aromatic carbocycles. The third-order valence-corrected chi connectivity index (χ3v) is 9.57. The third-order valence-electron chi connectivity index (χ3n) is 8.41. The molecule has 0 fully saturated rings. The zero-order chi connectivity index (χ0) is 29.0. The summed E-state index contributed by atoms with van der Waals surface area (Å²) in [6.45, 7) is 0. The molecule has 44 heavy (non-hydrogen) atoms. The number of para-hydroxylation sites is 2. The third kappa shape index (κ3) is 3.96. The quantitative estimate of drug-likeness (QED) is 0.208. The van der Waals surface area contributed by atoms with E-state index in [9.17, 15) is 0 Å². The summed E-state index contributed by atoms with van der Waals surface area (Å²) in [5.41, 5.74) is 9.95. The molecule has 3 heterocycles. The van der Waals surface area contributed by atoms with Crippen LogP contribution in [0.25, 0.3) is 81.6 Å². The fraction of sp³-hybridized carbons (Fsp3) is 0. The molecule has 0 radical (unpaired) electrons. The molecular weight excluding hydrogens is 555 g/mol. The van der Waals surface area contributed by atoms with Gasteiger partial charge in [0.2, 0.25) is 0 Å². The van der Waals surface area contributed by atoms with Gasteiger partial charge < -0.3 is 4.57 Å². The number of hydrogen-bond acceptors (Lipinski definition) is 3. The standard InChI is InChI=1S/C40H25N3S/c1-2-12-26(13-3-1)40-41-37(39-38(42-40)33-20-6-9-23-36(33)44-39)29-16-10-14-27(24-29)28-15-11-17-30(25-28)43-34-21-7-4-18-31(34)32-19-5-8-22-35(32)43/h1-25H. The van der Waals surface area contributed by atoms with Crippen molar-refractivity contribution in [2.24, 2.45) is 0 Å². The lowest BCUT2D eigenvalue weighted by Crippen LogP contribution is -1.95. The molecule has 0 bridgehead atoms. The molecule has 0 aliphatic carbocycles. The van der Waals surface area contributed by atoms with Crippen molar-refractivity contribution in [3.05, 3.63) is 152 Å². The van der Waals surface area contributed by atoms with Gasteiger partial charge in [0.25, 0.3) is 0 Å². The lowest BCUT2D eigenvalue weighted by molar-refractivity contribution is 1.18. The second kappa shape index (κ2) is 10.0. The Morgan fingerprint density at radius 1 is 0.455 bits per heavy atom. The molecule has 3 nitrogen and oxygen atoms in total. The fourth-order valence-electron chi connectivity index (χ4n) is 6.37. The van der Waals surface area contributed by atoms with E-state index in [-0.39, 0.29) is 0 Å². The molecule has 9 aromatic rings. The summed E-state index contributed by atoms with van der Waals surface area (Å²) in [5.74, 6) is 0.746. The molecule has 0 saturated carbocycles. The van der Waals surface area contributed by atoms with E-state index < -0.39 is 0 Å². The van der Waals surface area contributed by atoms with Crippen molar-refractivity contribution in [3.63, 3.8) is 0 Å². The molecule has 4 heteroatoms. The van der Waals surface area contributed by atoms with Crippen LogP contribution in [0.3, 0.4) is 0 Å². The molecule has 0 aliphatic heterocycles. The maximum absolute atomic E-state index is 5.19. The van der Waals surface area contributed by atoms with Crippen molar-refractivity contribution in [3.8, 4) is 39.5 Å². The predicted octanol–water partition coefficient (Wildman–Crippen LogP) is 10.9. The van der Waals surface area contributed by atoms with Gasteiger partial charge in [-0.1, -0.05) is 115 Å². The number of hydrogen-bond donors (Lipinski definition) is 0. The molecular formula is C40H25N3S. The molecule has 0 N–H and O–H groups in total. The first-order valence-corrected chi connectivity index (χ1v) is 15.6. The lowest BCUT2D eigenvalue weighted by atomic mass is 10.0. The molecule has 0 unspecified atom stereocenters. The van der Waals surface area contributed by atoms with Gasteiger partial charge in [0.05, 0.1) is 26.9 Å². The van der Waals surface area contributed by atoms with E-state index in [1.807, 2.05) is 18.2 Å². The van der Waals surface area contributed by atoms with Gasteiger partial charge in [0.1, 0.15) is 0 Å². The minimum Gasteiger partial charge on any atom is -0.309 e. The fourth-order valence-corrected chi connectivity index (χ4v) is 7.53. The van der Waals surface area contributed by atoms with Gasteiger partial charge in [0.15, 0.2) is 5.82 Å². The minimum atomic E-state index is 0.746. The predicted molar refractivity (Wildman–Crippen MR) is 186 cm³/mol. The second-order valence-corrected chi connectivity index (χ2v) is 12.1. The zero-order valence-corrected chi connectivity index (χ0v) is 24.5. The Labute approximate surface area is 258 Å². The SMILES string of the molecule is c1ccc(-c2nc(-c3cccc(-c4cccc(-n5c6ccccc6c6ccccc65)c4)c3)c3sc4ccccc4c3n2)cc1. The van der Waals surface area contributed by atoms with Crippen LogP contribution in [-0.4, -0.2) is 14.5 Å². The van der Waals surface area contributed by atoms with Crippen molar-refractivity contribution in [2.45, 2.75) is 0 Å². The number of thiophene rings is 1. The number of nitrogens with zero attached hydrogens (tertiary/aromatic N) is 3.